The molecule has 1 atom stereocenters. The van der Waals surface area contributed by atoms with Crippen LogP contribution in [0.5, 0.6) is 5.75 Å². The zero-order chi connectivity index (χ0) is 23.7. The third-order valence-electron chi connectivity index (χ3n) is 6.43. The third kappa shape index (κ3) is 4.71. The smallest absolute Gasteiger partial charge is 0.270 e. The van der Waals surface area contributed by atoms with Gasteiger partial charge in [0.25, 0.3) is 5.91 Å². The van der Waals surface area contributed by atoms with Gasteiger partial charge in [-0.1, -0.05) is 35.9 Å². The van der Waals surface area contributed by atoms with Crippen molar-refractivity contribution >= 4 is 23.2 Å². The fraction of sp³-hybridized carbons (Fsp3) is 0.370. The number of aryl methyl sites for hydroxylation is 1. The zero-order valence-electron chi connectivity index (χ0n) is 19.5. The summed E-state index contributed by atoms with van der Waals surface area (Å²) in [7, 11) is 0. The Bertz CT molecular complexity index is 1200. The average Bonchev–Trinajstić information content (AvgIpc) is 3.59. The largest absolute Gasteiger partial charge is 0.486 e. The molecule has 1 aliphatic carbocycles. The van der Waals surface area contributed by atoms with Crippen LogP contribution in [0.3, 0.4) is 0 Å². The van der Waals surface area contributed by atoms with Crippen molar-refractivity contribution < 1.29 is 14.3 Å². The van der Waals surface area contributed by atoms with Crippen LogP contribution in [0.2, 0.25) is 0 Å². The van der Waals surface area contributed by atoms with E-state index in [1.807, 2.05) is 13.0 Å². The molecule has 0 saturated heterocycles. The SMILES string of the molecule is CCNC(=O)c1csc(COc2ccc3c(c2)[C@H](c2ccc(C)cc2)N(C(=O)C2CC2)CC3)n1. The van der Waals surface area contributed by atoms with Crippen LogP contribution >= 0.6 is 11.3 Å². The molecule has 0 bridgehead atoms. The fourth-order valence-corrected chi connectivity index (χ4v) is 5.16. The molecule has 1 N–H and O–H groups in total. The second-order valence-corrected chi connectivity index (χ2v) is 9.95. The summed E-state index contributed by atoms with van der Waals surface area (Å²) in [4.78, 5) is 31.6. The van der Waals surface area contributed by atoms with E-state index in [1.165, 1.54) is 22.5 Å². The lowest BCUT2D eigenvalue weighted by Crippen LogP contribution is -2.41. The third-order valence-corrected chi connectivity index (χ3v) is 7.25. The predicted molar refractivity (Wildman–Crippen MR) is 132 cm³/mol. The summed E-state index contributed by atoms with van der Waals surface area (Å²) in [6.07, 6.45) is 2.84. The van der Waals surface area contributed by atoms with Crippen molar-refractivity contribution in [2.75, 3.05) is 13.1 Å². The van der Waals surface area contributed by atoms with Crippen LogP contribution in [0.1, 0.15) is 63.6 Å². The first-order chi connectivity index (χ1) is 16.5. The van der Waals surface area contributed by atoms with Crippen molar-refractivity contribution in [3.63, 3.8) is 0 Å². The summed E-state index contributed by atoms with van der Waals surface area (Å²) in [5.74, 6) is 1.02. The van der Waals surface area contributed by atoms with E-state index in [2.05, 4.69) is 58.5 Å². The first kappa shape index (κ1) is 22.6. The summed E-state index contributed by atoms with van der Waals surface area (Å²) >= 11 is 1.42. The van der Waals surface area contributed by atoms with E-state index in [0.29, 0.717) is 18.8 Å². The Kier molecular flexibility index (Phi) is 6.37. The number of nitrogens with one attached hydrogen (secondary N) is 1. The van der Waals surface area contributed by atoms with Crippen molar-refractivity contribution in [3.05, 3.63) is 80.8 Å². The van der Waals surface area contributed by atoms with Gasteiger partial charge in [-0.15, -0.1) is 11.3 Å². The molecule has 0 spiro atoms. The first-order valence-corrected chi connectivity index (χ1v) is 12.8. The molecular weight excluding hydrogens is 446 g/mol. The summed E-state index contributed by atoms with van der Waals surface area (Å²) in [6, 6.07) is 14.6. The maximum atomic E-state index is 13.2. The molecule has 1 aliphatic heterocycles. The van der Waals surface area contributed by atoms with Gasteiger partial charge in [-0.3, -0.25) is 9.59 Å². The second-order valence-electron chi connectivity index (χ2n) is 9.00. The Balaban J connectivity index is 1.40. The Morgan fingerprint density at radius 2 is 1.97 bits per heavy atom. The molecule has 3 aromatic rings. The summed E-state index contributed by atoms with van der Waals surface area (Å²) in [5.41, 5.74) is 5.13. The van der Waals surface area contributed by atoms with Crippen molar-refractivity contribution in [1.29, 1.82) is 0 Å². The van der Waals surface area contributed by atoms with Gasteiger partial charge >= 0.3 is 0 Å². The van der Waals surface area contributed by atoms with E-state index in [9.17, 15) is 9.59 Å². The van der Waals surface area contributed by atoms with Crippen molar-refractivity contribution in [2.45, 2.75) is 45.8 Å². The van der Waals surface area contributed by atoms with Gasteiger partial charge in [-0.05, 0) is 61.9 Å². The van der Waals surface area contributed by atoms with E-state index < -0.39 is 0 Å². The number of nitrogens with zero attached hydrogens (tertiary/aromatic N) is 2. The van der Waals surface area contributed by atoms with E-state index >= 15 is 0 Å². The number of thiazole rings is 1. The highest BCUT2D eigenvalue weighted by Gasteiger charge is 2.39. The highest BCUT2D eigenvalue weighted by molar-refractivity contribution is 7.09. The molecule has 7 heteroatoms. The van der Waals surface area contributed by atoms with Crippen LogP contribution in [0.4, 0.5) is 0 Å². The van der Waals surface area contributed by atoms with Crippen LogP contribution in [0.25, 0.3) is 0 Å². The molecule has 1 fully saturated rings. The Hall–Kier alpha value is -3.19. The van der Waals surface area contributed by atoms with Gasteiger partial charge in [-0.2, -0.15) is 0 Å². The number of fused-ring (bicyclic) bond motifs is 1. The quantitative estimate of drug-likeness (QED) is 0.539. The number of benzene rings is 2. The molecule has 2 amide bonds. The van der Waals surface area contributed by atoms with Gasteiger partial charge in [0.1, 0.15) is 23.1 Å². The Morgan fingerprint density at radius 3 is 2.71 bits per heavy atom. The fourth-order valence-electron chi connectivity index (χ4n) is 4.47. The number of amides is 2. The van der Waals surface area contributed by atoms with Gasteiger partial charge in [0.2, 0.25) is 5.91 Å². The lowest BCUT2D eigenvalue weighted by Gasteiger charge is -2.38. The van der Waals surface area contributed by atoms with Crippen LogP contribution < -0.4 is 10.1 Å². The lowest BCUT2D eigenvalue weighted by molar-refractivity contribution is -0.134. The maximum Gasteiger partial charge on any atom is 0.270 e. The molecule has 1 aromatic heterocycles. The molecule has 2 aromatic carbocycles. The Morgan fingerprint density at radius 1 is 1.18 bits per heavy atom. The molecule has 34 heavy (non-hydrogen) atoms. The minimum Gasteiger partial charge on any atom is -0.486 e. The van der Waals surface area contributed by atoms with E-state index in [4.69, 9.17) is 4.74 Å². The number of ether oxygens (including phenoxy) is 1. The van der Waals surface area contributed by atoms with E-state index in [-0.39, 0.29) is 23.8 Å². The van der Waals surface area contributed by atoms with Crippen LogP contribution in [-0.4, -0.2) is 34.8 Å². The summed E-state index contributed by atoms with van der Waals surface area (Å²) in [5, 5.41) is 5.27. The van der Waals surface area contributed by atoms with Gasteiger partial charge in [0.15, 0.2) is 0 Å². The molecular formula is C27H29N3O3S. The maximum absolute atomic E-state index is 13.2. The molecule has 0 unspecified atom stereocenters. The van der Waals surface area contributed by atoms with E-state index in [0.717, 1.165) is 47.7 Å². The summed E-state index contributed by atoms with van der Waals surface area (Å²) < 4.78 is 6.08. The number of aromatic nitrogens is 1. The number of hydrogen-bond donors (Lipinski definition) is 1. The topological polar surface area (TPSA) is 71.5 Å². The highest BCUT2D eigenvalue weighted by Crippen LogP contribution is 2.41. The van der Waals surface area contributed by atoms with Gasteiger partial charge in [0.05, 0.1) is 6.04 Å². The summed E-state index contributed by atoms with van der Waals surface area (Å²) in [6.45, 7) is 5.56. The molecule has 2 heterocycles. The molecule has 2 aliphatic rings. The number of carbonyl (C=O) groups is 2. The minimum absolute atomic E-state index is 0.106. The number of carbonyl (C=O) groups excluding carboxylic acids is 2. The molecule has 0 radical (unpaired) electrons. The molecule has 1 saturated carbocycles. The molecule has 5 rings (SSSR count). The monoisotopic (exact) mass is 475 g/mol. The van der Waals surface area contributed by atoms with Crippen LogP contribution in [0.15, 0.2) is 47.8 Å². The van der Waals surface area contributed by atoms with Crippen molar-refractivity contribution in [3.8, 4) is 5.75 Å². The second kappa shape index (κ2) is 9.58. The lowest BCUT2D eigenvalue weighted by atomic mass is 9.87. The van der Waals surface area contributed by atoms with Gasteiger partial charge in [0, 0.05) is 24.4 Å². The standard InChI is InChI=1S/C27H29N3O3S/c1-3-28-26(31)23-16-34-24(29-23)15-33-21-11-10-18-12-13-30(27(32)20-8-9-20)25(22(18)14-21)19-6-4-17(2)5-7-19/h4-7,10-11,14,16,20,25H,3,8-9,12-13,15H2,1-2H3,(H,28,31)/t25-/m0/s1. The predicted octanol–water partition coefficient (Wildman–Crippen LogP) is 4.66. The molecule has 176 valence electrons. The van der Waals surface area contributed by atoms with Crippen LogP contribution in [0, 0.1) is 12.8 Å². The normalized spacial score (nSPS) is 17.2. The zero-order valence-corrected chi connectivity index (χ0v) is 20.4. The van der Waals surface area contributed by atoms with E-state index in [1.54, 1.807) is 5.38 Å². The van der Waals surface area contributed by atoms with Gasteiger partial charge < -0.3 is 15.0 Å². The van der Waals surface area contributed by atoms with Crippen molar-refractivity contribution in [1.82, 2.24) is 15.2 Å². The average molecular weight is 476 g/mol. The number of rotatable bonds is 7. The highest BCUT2D eigenvalue weighted by atomic mass is 32.1. The van der Waals surface area contributed by atoms with Crippen molar-refractivity contribution in [2.24, 2.45) is 5.92 Å². The van der Waals surface area contributed by atoms with Crippen LogP contribution in [-0.2, 0) is 17.8 Å². The minimum atomic E-state index is -0.167. The van der Waals surface area contributed by atoms with Gasteiger partial charge in [-0.25, -0.2) is 4.98 Å². The molecule has 6 nitrogen and oxygen atoms in total. The first-order valence-electron chi connectivity index (χ1n) is 11.9. The number of hydrogen-bond acceptors (Lipinski definition) is 5. The Labute approximate surface area is 204 Å².